The molecule has 0 aliphatic heterocycles. The topological polar surface area (TPSA) is 121 Å². The second kappa shape index (κ2) is 10.1. The highest BCUT2D eigenvalue weighted by atomic mass is 16.5. The van der Waals surface area contributed by atoms with Gasteiger partial charge in [-0.05, 0) is 36.1 Å². The van der Waals surface area contributed by atoms with Gasteiger partial charge in [0.15, 0.2) is 0 Å². The monoisotopic (exact) mass is 485 g/mol. The van der Waals surface area contributed by atoms with Crippen LogP contribution in [-0.2, 0) is 16.1 Å². The summed E-state index contributed by atoms with van der Waals surface area (Å²) in [7, 11) is 1.30. The number of carbonyl (C=O) groups excluding carboxylic acids is 2. The molecule has 0 saturated heterocycles. The van der Waals surface area contributed by atoms with Gasteiger partial charge in [-0.3, -0.25) is 5.32 Å². The molecule has 2 aromatic heterocycles. The first-order chi connectivity index (χ1) is 17.5. The number of hydrogen-bond acceptors (Lipinski definition) is 7. The van der Waals surface area contributed by atoms with Crippen LogP contribution in [0.15, 0.2) is 61.1 Å². The molecule has 0 spiro atoms. The fraction of sp³-hybridized carbons (Fsp3) is 0.259. The number of nitrogens with zero attached hydrogens (tertiary/aromatic N) is 3. The molecule has 9 heteroatoms. The van der Waals surface area contributed by atoms with Crippen molar-refractivity contribution in [2.24, 2.45) is 0 Å². The van der Waals surface area contributed by atoms with Crippen LogP contribution in [0.1, 0.15) is 47.6 Å². The normalized spacial score (nSPS) is 13.6. The molecule has 184 valence electrons. The van der Waals surface area contributed by atoms with Gasteiger partial charge in [-0.1, -0.05) is 49.2 Å². The van der Waals surface area contributed by atoms with Gasteiger partial charge in [0.25, 0.3) is 0 Å². The summed E-state index contributed by atoms with van der Waals surface area (Å²) in [6, 6.07) is 14.8. The van der Waals surface area contributed by atoms with Gasteiger partial charge < -0.3 is 19.8 Å². The van der Waals surface area contributed by atoms with Crippen LogP contribution in [0, 0.1) is 0 Å². The molecule has 36 heavy (non-hydrogen) atoms. The molecule has 2 aromatic carbocycles. The van der Waals surface area contributed by atoms with Gasteiger partial charge in [-0.25, -0.2) is 19.6 Å². The third-order valence-corrected chi connectivity index (χ3v) is 6.54. The van der Waals surface area contributed by atoms with Crippen molar-refractivity contribution in [1.29, 1.82) is 0 Å². The van der Waals surface area contributed by atoms with Crippen LogP contribution in [0.2, 0.25) is 0 Å². The summed E-state index contributed by atoms with van der Waals surface area (Å²) in [6.45, 7) is 0.109. The van der Waals surface area contributed by atoms with E-state index in [9.17, 15) is 9.59 Å². The lowest BCUT2D eigenvalue weighted by atomic mass is 10.0. The van der Waals surface area contributed by atoms with E-state index in [-0.39, 0.29) is 17.9 Å². The lowest BCUT2D eigenvalue weighted by Gasteiger charge is -2.13. The molecule has 9 nitrogen and oxygen atoms in total. The van der Waals surface area contributed by atoms with Crippen LogP contribution in [0.5, 0.6) is 0 Å². The minimum Gasteiger partial charge on any atom is -0.465 e. The quantitative estimate of drug-likeness (QED) is 0.354. The average Bonchev–Trinajstić information content (AvgIpc) is 3.57. The molecule has 1 amide bonds. The Morgan fingerprint density at radius 3 is 2.64 bits per heavy atom. The number of nitrogen functional groups attached to an aromatic ring is 1. The van der Waals surface area contributed by atoms with Crippen molar-refractivity contribution in [1.82, 2.24) is 14.5 Å². The summed E-state index contributed by atoms with van der Waals surface area (Å²) in [4.78, 5) is 33.8. The Kier molecular flexibility index (Phi) is 6.53. The van der Waals surface area contributed by atoms with Gasteiger partial charge in [0, 0.05) is 17.8 Å². The second-order valence-electron chi connectivity index (χ2n) is 8.78. The zero-order valence-corrected chi connectivity index (χ0v) is 19.9. The number of methoxy groups -OCH3 is 1. The van der Waals surface area contributed by atoms with Crippen LogP contribution in [0.3, 0.4) is 0 Å². The van der Waals surface area contributed by atoms with E-state index < -0.39 is 12.1 Å². The van der Waals surface area contributed by atoms with E-state index in [0.717, 1.165) is 40.6 Å². The summed E-state index contributed by atoms with van der Waals surface area (Å²) in [6.07, 6.45) is 7.33. The molecular formula is C27H27N5O4. The van der Waals surface area contributed by atoms with E-state index in [0.29, 0.717) is 11.9 Å². The summed E-state index contributed by atoms with van der Waals surface area (Å²) >= 11 is 0. The maximum Gasteiger partial charge on any atom is 0.411 e. The Morgan fingerprint density at radius 2 is 1.89 bits per heavy atom. The molecule has 1 fully saturated rings. The molecule has 0 atom stereocenters. The van der Waals surface area contributed by atoms with E-state index in [1.54, 1.807) is 12.1 Å². The number of carbonyl (C=O) groups is 2. The van der Waals surface area contributed by atoms with E-state index in [1.165, 1.54) is 26.3 Å². The fourth-order valence-corrected chi connectivity index (χ4v) is 4.76. The Bertz CT molecular complexity index is 1410. The number of hydrogen-bond donors (Lipinski definition) is 2. The number of ether oxygens (including phenoxy) is 2. The number of rotatable bonds is 6. The minimum absolute atomic E-state index is 0.109. The van der Waals surface area contributed by atoms with E-state index >= 15 is 0 Å². The molecule has 1 aliphatic rings. The Hall–Kier alpha value is -4.40. The number of fused-ring (bicyclic) bond motifs is 1. The highest BCUT2D eigenvalue weighted by Gasteiger charge is 2.24. The number of nitrogens with one attached hydrogen (secondary N) is 1. The number of amides is 1. The molecule has 2 heterocycles. The molecule has 1 aliphatic carbocycles. The third kappa shape index (κ3) is 4.59. The first-order valence-corrected chi connectivity index (χ1v) is 11.9. The first kappa shape index (κ1) is 23.3. The molecule has 5 rings (SSSR count). The van der Waals surface area contributed by atoms with Crippen molar-refractivity contribution in [2.75, 3.05) is 18.2 Å². The highest BCUT2D eigenvalue weighted by molar-refractivity contribution is 6.04. The number of nitrogens with two attached hydrogens (primary N) is 1. The molecule has 4 aromatic rings. The summed E-state index contributed by atoms with van der Waals surface area (Å²) < 4.78 is 12.5. The number of anilines is 2. The van der Waals surface area contributed by atoms with Gasteiger partial charge in [-0.2, -0.15) is 0 Å². The predicted molar refractivity (Wildman–Crippen MR) is 136 cm³/mol. The summed E-state index contributed by atoms with van der Waals surface area (Å²) in [5.41, 5.74) is 9.95. The van der Waals surface area contributed by atoms with Crippen LogP contribution < -0.4 is 11.1 Å². The number of aromatic nitrogens is 3. The van der Waals surface area contributed by atoms with E-state index in [1.807, 2.05) is 42.6 Å². The van der Waals surface area contributed by atoms with Crippen molar-refractivity contribution in [2.45, 2.75) is 38.3 Å². The fourth-order valence-electron chi connectivity index (χ4n) is 4.76. The second-order valence-corrected chi connectivity index (χ2v) is 8.78. The van der Waals surface area contributed by atoms with Gasteiger partial charge >= 0.3 is 12.1 Å². The van der Waals surface area contributed by atoms with Crippen LogP contribution >= 0.6 is 0 Å². The van der Waals surface area contributed by atoms with Crippen LogP contribution in [0.4, 0.5) is 16.3 Å². The Balaban J connectivity index is 1.48. The van der Waals surface area contributed by atoms with Crippen molar-refractivity contribution in [3.05, 3.63) is 72.2 Å². The molecule has 0 bridgehead atoms. The van der Waals surface area contributed by atoms with Crippen molar-refractivity contribution in [3.8, 4) is 11.1 Å². The Labute approximate surface area is 208 Å². The van der Waals surface area contributed by atoms with Crippen LogP contribution in [-0.4, -0.2) is 33.7 Å². The lowest BCUT2D eigenvalue weighted by molar-refractivity contribution is 0.0602. The largest absolute Gasteiger partial charge is 0.465 e. The predicted octanol–water partition coefficient (Wildman–Crippen LogP) is 5.33. The van der Waals surface area contributed by atoms with E-state index in [2.05, 4.69) is 19.9 Å². The molecule has 0 radical (unpaired) electrons. The third-order valence-electron chi connectivity index (χ3n) is 6.54. The molecule has 3 N–H and O–H groups in total. The standard InChI is InChI=1S/C27H27N5O4/c1-35-26(33)20-13-18(11-12-22(20)31-27(34)36-15-17-7-3-2-4-8-17)21-14-32(19-9-5-6-10-19)25-23(21)24(28)29-16-30-25/h2-4,7-8,11-14,16,19H,5-6,9-10,15H2,1H3,(H,31,34)(H2,28,29,30). The summed E-state index contributed by atoms with van der Waals surface area (Å²) in [5, 5.41) is 3.40. The van der Waals surface area contributed by atoms with Crippen molar-refractivity contribution < 1.29 is 19.1 Å². The number of esters is 1. The number of benzene rings is 2. The smallest absolute Gasteiger partial charge is 0.411 e. The molecule has 0 unspecified atom stereocenters. The SMILES string of the molecule is COC(=O)c1cc(-c2cn(C3CCCC3)c3ncnc(N)c23)ccc1NC(=O)OCc1ccccc1. The zero-order valence-electron chi connectivity index (χ0n) is 19.9. The van der Waals surface area contributed by atoms with Gasteiger partial charge in [0.1, 0.15) is 24.4 Å². The maximum atomic E-state index is 12.7. The first-order valence-electron chi connectivity index (χ1n) is 11.9. The van der Waals surface area contributed by atoms with Gasteiger partial charge in [0.05, 0.1) is 23.7 Å². The molecule has 1 saturated carbocycles. The Morgan fingerprint density at radius 1 is 1.11 bits per heavy atom. The summed E-state index contributed by atoms with van der Waals surface area (Å²) in [5.74, 6) is -0.211. The maximum absolute atomic E-state index is 12.7. The van der Waals surface area contributed by atoms with E-state index in [4.69, 9.17) is 15.2 Å². The highest BCUT2D eigenvalue weighted by Crippen LogP contribution is 2.39. The van der Waals surface area contributed by atoms with Crippen molar-refractivity contribution in [3.63, 3.8) is 0 Å². The van der Waals surface area contributed by atoms with Crippen molar-refractivity contribution >= 4 is 34.6 Å². The molecular weight excluding hydrogens is 458 g/mol. The van der Waals surface area contributed by atoms with Gasteiger partial charge in [0.2, 0.25) is 0 Å². The lowest BCUT2D eigenvalue weighted by Crippen LogP contribution is -2.16. The van der Waals surface area contributed by atoms with Gasteiger partial charge in [-0.15, -0.1) is 0 Å². The zero-order chi connectivity index (χ0) is 25.1. The minimum atomic E-state index is -0.674. The average molecular weight is 486 g/mol. The van der Waals surface area contributed by atoms with Crippen LogP contribution in [0.25, 0.3) is 22.2 Å².